The number of anilines is 1. The molecule has 1 heterocycles. The van der Waals surface area contributed by atoms with Crippen molar-refractivity contribution in [2.45, 2.75) is 20.3 Å². The lowest BCUT2D eigenvalue weighted by Crippen LogP contribution is -2.14. The van der Waals surface area contributed by atoms with Crippen molar-refractivity contribution in [3.8, 4) is 16.6 Å². The van der Waals surface area contributed by atoms with Crippen LogP contribution in [0.2, 0.25) is 0 Å². The zero-order chi connectivity index (χ0) is 17.8. The number of benzene rings is 2. The Bertz CT molecular complexity index is 969. The highest BCUT2D eigenvalue weighted by molar-refractivity contribution is 7.15. The maximum Gasteiger partial charge on any atom is 0.229 e. The predicted molar refractivity (Wildman–Crippen MR) is 101 cm³/mol. The number of carbonyl (C=O) groups excluding carboxylic acids is 1. The number of rotatable bonds is 4. The molecule has 2 aromatic carbocycles. The first kappa shape index (κ1) is 16.9. The number of aromatic nitrogens is 1. The number of hydrogen-bond acceptors (Lipinski definition) is 4. The molecule has 0 spiro atoms. The minimum absolute atomic E-state index is 0.113. The third-order valence-electron chi connectivity index (χ3n) is 3.86. The van der Waals surface area contributed by atoms with Gasteiger partial charge in [-0.1, -0.05) is 30.3 Å². The Hall–Kier alpha value is -2.97. The summed E-state index contributed by atoms with van der Waals surface area (Å²) in [6.45, 7) is 3.98. The molecular weight excluding hydrogens is 330 g/mol. The first-order valence-electron chi connectivity index (χ1n) is 7.89. The number of hydrogen-bond donors (Lipinski definition) is 1. The summed E-state index contributed by atoms with van der Waals surface area (Å²) in [7, 11) is 0. The van der Waals surface area contributed by atoms with Crippen molar-refractivity contribution in [1.29, 1.82) is 5.26 Å². The zero-order valence-electron chi connectivity index (χ0n) is 14.0. The third-order valence-corrected chi connectivity index (χ3v) is 5.06. The van der Waals surface area contributed by atoms with Crippen molar-refractivity contribution in [2.75, 3.05) is 5.32 Å². The summed E-state index contributed by atoms with van der Waals surface area (Å²) in [5.41, 5.74) is 4.30. The molecule has 0 bridgehead atoms. The third kappa shape index (κ3) is 3.93. The van der Waals surface area contributed by atoms with Crippen molar-refractivity contribution in [3.05, 3.63) is 70.2 Å². The minimum Gasteiger partial charge on any atom is -0.326 e. The van der Waals surface area contributed by atoms with Gasteiger partial charge in [-0.05, 0) is 37.6 Å². The lowest BCUT2D eigenvalue weighted by atomic mass is 10.1. The molecule has 1 amide bonds. The van der Waals surface area contributed by atoms with E-state index < -0.39 is 0 Å². The largest absolute Gasteiger partial charge is 0.326 e. The van der Waals surface area contributed by atoms with E-state index in [1.165, 1.54) is 5.56 Å². The van der Waals surface area contributed by atoms with Gasteiger partial charge in [-0.15, -0.1) is 11.3 Å². The molecule has 0 fully saturated rings. The minimum atomic E-state index is -0.113. The lowest BCUT2D eigenvalue weighted by molar-refractivity contribution is -0.115. The fourth-order valence-electron chi connectivity index (χ4n) is 2.54. The quantitative estimate of drug-likeness (QED) is 0.757. The lowest BCUT2D eigenvalue weighted by Gasteiger charge is -2.04. The summed E-state index contributed by atoms with van der Waals surface area (Å²) in [5, 5.41) is 12.7. The number of nitrogens with one attached hydrogen (secondary N) is 1. The van der Waals surface area contributed by atoms with Crippen LogP contribution in [0.5, 0.6) is 0 Å². The highest BCUT2D eigenvalue weighted by atomic mass is 32.1. The summed E-state index contributed by atoms with van der Waals surface area (Å²) in [6, 6.07) is 17.1. The van der Waals surface area contributed by atoms with Crippen LogP contribution in [0.15, 0.2) is 48.5 Å². The molecule has 0 aliphatic heterocycles. The van der Waals surface area contributed by atoms with Gasteiger partial charge >= 0.3 is 0 Å². The fraction of sp³-hybridized carbons (Fsp3) is 0.150. The normalized spacial score (nSPS) is 10.3. The van der Waals surface area contributed by atoms with Gasteiger partial charge in [0.25, 0.3) is 0 Å². The highest BCUT2D eigenvalue weighted by Gasteiger charge is 2.14. The Balaban J connectivity index is 1.76. The summed E-state index contributed by atoms with van der Waals surface area (Å²) < 4.78 is 0. The van der Waals surface area contributed by atoms with Crippen LogP contribution in [0, 0.1) is 25.2 Å². The van der Waals surface area contributed by atoms with Gasteiger partial charge in [-0.25, -0.2) is 4.98 Å². The number of thiazole rings is 1. The van der Waals surface area contributed by atoms with Gasteiger partial charge in [0.2, 0.25) is 5.91 Å². The van der Waals surface area contributed by atoms with E-state index in [2.05, 4.69) is 29.4 Å². The maximum atomic E-state index is 12.3. The molecule has 3 rings (SSSR count). The topological polar surface area (TPSA) is 65.8 Å². The average molecular weight is 347 g/mol. The highest BCUT2D eigenvalue weighted by Crippen LogP contribution is 2.30. The maximum absolute atomic E-state index is 12.3. The van der Waals surface area contributed by atoms with Gasteiger partial charge in [0.15, 0.2) is 0 Å². The number of carbonyl (C=O) groups is 1. The van der Waals surface area contributed by atoms with Crippen LogP contribution in [-0.4, -0.2) is 10.9 Å². The van der Waals surface area contributed by atoms with Gasteiger partial charge < -0.3 is 5.32 Å². The van der Waals surface area contributed by atoms with E-state index in [1.807, 2.05) is 25.1 Å². The van der Waals surface area contributed by atoms with E-state index in [-0.39, 0.29) is 12.3 Å². The van der Waals surface area contributed by atoms with E-state index in [9.17, 15) is 4.79 Å². The van der Waals surface area contributed by atoms with Gasteiger partial charge in [0.05, 0.1) is 23.7 Å². The zero-order valence-corrected chi connectivity index (χ0v) is 14.9. The Labute approximate surface area is 150 Å². The molecule has 0 radical (unpaired) electrons. The molecule has 0 aliphatic carbocycles. The number of nitrogens with zero attached hydrogens (tertiary/aromatic N) is 2. The van der Waals surface area contributed by atoms with Gasteiger partial charge in [-0.2, -0.15) is 5.26 Å². The standard InChI is InChI=1S/C20H17N3OS/c1-13-6-3-4-9-17(13)20-22-14(2)18(25-20)11-19(24)23-16-8-5-7-15(10-16)12-21/h3-10H,11H2,1-2H3,(H,23,24). The van der Waals surface area contributed by atoms with Crippen LogP contribution in [0.25, 0.3) is 10.6 Å². The Morgan fingerprint density at radius 3 is 2.76 bits per heavy atom. The molecule has 0 aliphatic rings. The van der Waals surface area contributed by atoms with Crippen molar-refractivity contribution >= 4 is 22.9 Å². The second-order valence-corrected chi connectivity index (χ2v) is 6.84. The number of nitriles is 1. The summed E-state index contributed by atoms with van der Waals surface area (Å²) >= 11 is 1.55. The molecule has 25 heavy (non-hydrogen) atoms. The first-order chi connectivity index (χ1) is 12.1. The first-order valence-corrected chi connectivity index (χ1v) is 8.71. The molecule has 0 saturated carbocycles. The molecule has 4 nitrogen and oxygen atoms in total. The monoisotopic (exact) mass is 347 g/mol. The smallest absolute Gasteiger partial charge is 0.229 e. The van der Waals surface area contributed by atoms with Gasteiger partial charge in [0, 0.05) is 16.1 Å². The second kappa shape index (κ2) is 7.29. The fourth-order valence-corrected chi connectivity index (χ4v) is 3.69. The number of amides is 1. The SMILES string of the molecule is Cc1ccccc1-c1nc(C)c(CC(=O)Nc2cccc(C#N)c2)s1. The second-order valence-electron chi connectivity index (χ2n) is 5.76. The van der Waals surface area contributed by atoms with Gasteiger partial charge in [-0.3, -0.25) is 4.79 Å². The Morgan fingerprint density at radius 1 is 1.20 bits per heavy atom. The van der Waals surface area contributed by atoms with Crippen LogP contribution in [-0.2, 0) is 11.2 Å². The molecule has 5 heteroatoms. The van der Waals surface area contributed by atoms with Crippen molar-refractivity contribution in [3.63, 3.8) is 0 Å². The Kier molecular flexibility index (Phi) is 4.92. The molecule has 1 N–H and O–H groups in total. The molecule has 0 unspecified atom stereocenters. The summed E-state index contributed by atoms with van der Waals surface area (Å²) in [6.07, 6.45) is 0.270. The molecular formula is C20H17N3OS. The van der Waals surface area contributed by atoms with E-state index in [1.54, 1.807) is 35.6 Å². The van der Waals surface area contributed by atoms with Crippen molar-refractivity contribution in [1.82, 2.24) is 4.98 Å². The van der Waals surface area contributed by atoms with E-state index in [4.69, 9.17) is 5.26 Å². The predicted octanol–water partition coefficient (Wildman–Crippen LogP) is 4.48. The van der Waals surface area contributed by atoms with Gasteiger partial charge in [0.1, 0.15) is 5.01 Å². The van der Waals surface area contributed by atoms with E-state index in [0.717, 1.165) is 21.1 Å². The van der Waals surface area contributed by atoms with Crippen molar-refractivity contribution < 1.29 is 4.79 Å². The van der Waals surface area contributed by atoms with Crippen LogP contribution in [0.3, 0.4) is 0 Å². The van der Waals surface area contributed by atoms with E-state index >= 15 is 0 Å². The average Bonchev–Trinajstić information content (AvgIpc) is 2.95. The molecule has 3 aromatic rings. The molecule has 1 aromatic heterocycles. The van der Waals surface area contributed by atoms with Crippen molar-refractivity contribution in [2.24, 2.45) is 0 Å². The van der Waals surface area contributed by atoms with Crippen LogP contribution < -0.4 is 5.32 Å². The molecule has 0 saturated heterocycles. The molecule has 0 atom stereocenters. The summed E-state index contributed by atoms with van der Waals surface area (Å²) in [4.78, 5) is 17.9. The van der Waals surface area contributed by atoms with Crippen LogP contribution in [0.1, 0.15) is 21.7 Å². The number of aryl methyl sites for hydroxylation is 2. The Morgan fingerprint density at radius 2 is 2.00 bits per heavy atom. The van der Waals surface area contributed by atoms with Crippen LogP contribution in [0.4, 0.5) is 5.69 Å². The molecule has 124 valence electrons. The van der Waals surface area contributed by atoms with E-state index in [0.29, 0.717) is 11.3 Å². The summed E-state index contributed by atoms with van der Waals surface area (Å²) in [5.74, 6) is -0.113. The van der Waals surface area contributed by atoms with Crippen LogP contribution >= 0.6 is 11.3 Å².